The van der Waals surface area contributed by atoms with Gasteiger partial charge in [-0.25, -0.2) is 15.0 Å². The van der Waals surface area contributed by atoms with Crippen LogP contribution in [0.15, 0.2) is 218 Å². The summed E-state index contributed by atoms with van der Waals surface area (Å²) >= 11 is 0. The van der Waals surface area contributed by atoms with Gasteiger partial charge >= 0.3 is 0 Å². The lowest BCUT2D eigenvalue weighted by Crippen LogP contribution is -2.01. The van der Waals surface area contributed by atoms with Crippen LogP contribution in [0.5, 0.6) is 0 Å². The van der Waals surface area contributed by atoms with Crippen LogP contribution in [-0.2, 0) is 0 Å². The molecule has 0 bridgehead atoms. The molecule has 0 unspecified atom stereocenters. The molecule has 0 saturated heterocycles. The summed E-state index contributed by atoms with van der Waals surface area (Å²) in [6.07, 6.45) is 0. The van der Waals surface area contributed by atoms with Crippen molar-refractivity contribution in [2.45, 2.75) is 0 Å². The number of fused-ring (bicyclic) bond motifs is 4. The van der Waals surface area contributed by atoms with E-state index in [1.165, 1.54) is 38.2 Å². The third-order valence-corrected chi connectivity index (χ3v) is 11.2. The van der Waals surface area contributed by atoms with Gasteiger partial charge in [-0.15, -0.1) is 0 Å². The van der Waals surface area contributed by atoms with E-state index in [2.05, 4.69) is 217 Å². The van der Waals surface area contributed by atoms with Crippen molar-refractivity contribution in [1.29, 1.82) is 0 Å². The molecule has 2 aromatic heterocycles. The van der Waals surface area contributed by atoms with Crippen LogP contribution in [0.3, 0.4) is 0 Å². The van der Waals surface area contributed by atoms with Gasteiger partial charge in [0.15, 0.2) is 17.5 Å². The van der Waals surface area contributed by atoms with Crippen LogP contribution in [0.2, 0.25) is 0 Å². The lowest BCUT2D eigenvalue weighted by atomic mass is 9.91. The van der Waals surface area contributed by atoms with Gasteiger partial charge in [0.25, 0.3) is 0 Å². The lowest BCUT2D eigenvalue weighted by molar-refractivity contribution is 1.07. The minimum atomic E-state index is 0.614. The normalized spacial score (nSPS) is 11.4. The number of hydrogen-bond acceptors (Lipinski definition) is 3. The Bertz CT molecular complexity index is 3250. The molecule has 11 aromatic rings. The molecule has 0 aliphatic rings. The summed E-state index contributed by atoms with van der Waals surface area (Å²) in [4.78, 5) is 15.6. The molecule has 4 nitrogen and oxygen atoms in total. The highest BCUT2D eigenvalue weighted by atomic mass is 15.0. The molecule has 0 spiro atoms. The smallest absolute Gasteiger partial charge is 0.164 e. The molecule has 4 heteroatoms. The van der Waals surface area contributed by atoms with Crippen molar-refractivity contribution in [2.24, 2.45) is 0 Å². The van der Waals surface area contributed by atoms with E-state index < -0.39 is 0 Å². The maximum Gasteiger partial charge on any atom is 0.164 e. The van der Waals surface area contributed by atoms with Crippen molar-refractivity contribution < 1.29 is 0 Å². The van der Waals surface area contributed by atoms with Gasteiger partial charge in [0.2, 0.25) is 0 Å². The summed E-state index contributed by atoms with van der Waals surface area (Å²) in [5.74, 6) is 1.85. The van der Waals surface area contributed by atoms with Gasteiger partial charge in [-0.1, -0.05) is 188 Å². The molecular formula is C55H36N4. The molecule has 0 N–H and O–H groups in total. The van der Waals surface area contributed by atoms with E-state index in [4.69, 9.17) is 15.0 Å². The van der Waals surface area contributed by atoms with Gasteiger partial charge < -0.3 is 4.57 Å². The van der Waals surface area contributed by atoms with Crippen LogP contribution in [0.1, 0.15) is 0 Å². The monoisotopic (exact) mass is 752 g/mol. The van der Waals surface area contributed by atoms with Crippen LogP contribution < -0.4 is 0 Å². The summed E-state index contributed by atoms with van der Waals surface area (Å²) in [5, 5.41) is 4.89. The van der Waals surface area contributed by atoms with Gasteiger partial charge in [0.1, 0.15) is 0 Å². The average molecular weight is 753 g/mol. The van der Waals surface area contributed by atoms with Crippen LogP contribution >= 0.6 is 0 Å². The number of benzene rings is 9. The topological polar surface area (TPSA) is 43.6 Å². The second kappa shape index (κ2) is 14.5. The van der Waals surface area contributed by atoms with E-state index in [1.54, 1.807) is 0 Å². The molecule has 0 radical (unpaired) electrons. The van der Waals surface area contributed by atoms with Gasteiger partial charge in [-0.05, 0) is 74.5 Å². The predicted molar refractivity (Wildman–Crippen MR) is 244 cm³/mol. The fourth-order valence-electron chi connectivity index (χ4n) is 8.46. The van der Waals surface area contributed by atoms with Crippen molar-refractivity contribution in [3.05, 3.63) is 218 Å². The highest BCUT2D eigenvalue weighted by Gasteiger charge is 2.17. The minimum absolute atomic E-state index is 0.614. The van der Waals surface area contributed by atoms with Crippen molar-refractivity contribution >= 4 is 32.6 Å². The first-order chi connectivity index (χ1) is 29.2. The number of aromatic nitrogens is 4. The van der Waals surface area contributed by atoms with E-state index in [-0.39, 0.29) is 0 Å². The Morgan fingerprint density at radius 1 is 0.288 bits per heavy atom. The number of para-hydroxylation sites is 2. The first-order valence-corrected chi connectivity index (χ1v) is 19.9. The molecule has 0 fully saturated rings. The molecule has 11 rings (SSSR count). The van der Waals surface area contributed by atoms with E-state index in [0.717, 1.165) is 50.1 Å². The van der Waals surface area contributed by atoms with E-state index in [9.17, 15) is 0 Å². The van der Waals surface area contributed by atoms with Crippen molar-refractivity contribution in [3.63, 3.8) is 0 Å². The zero-order valence-electron chi connectivity index (χ0n) is 32.1. The summed E-state index contributed by atoms with van der Waals surface area (Å²) in [6.45, 7) is 0. The highest BCUT2D eigenvalue weighted by Crippen LogP contribution is 2.38. The van der Waals surface area contributed by atoms with E-state index in [1.807, 2.05) is 6.07 Å². The third-order valence-electron chi connectivity index (χ3n) is 11.2. The van der Waals surface area contributed by atoms with Gasteiger partial charge in [0, 0.05) is 33.2 Å². The molecule has 0 aliphatic carbocycles. The van der Waals surface area contributed by atoms with Gasteiger partial charge in [-0.2, -0.15) is 0 Å². The molecule has 0 aliphatic heterocycles. The lowest BCUT2D eigenvalue weighted by Gasteiger charge is -2.14. The van der Waals surface area contributed by atoms with E-state index in [0.29, 0.717) is 17.5 Å². The third kappa shape index (κ3) is 6.24. The first-order valence-electron chi connectivity index (χ1n) is 19.9. The Hall–Kier alpha value is -7.95. The molecule has 0 amide bonds. The van der Waals surface area contributed by atoms with E-state index >= 15 is 0 Å². The molecule has 276 valence electrons. The molecule has 9 aromatic carbocycles. The second-order valence-corrected chi connectivity index (χ2v) is 14.8. The van der Waals surface area contributed by atoms with Crippen molar-refractivity contribution in [3.8, 4) is 73.2 Å². The Morgan fingerprint density at radius 2 is 0.729 bits per heavy atom. The van der Waals surface area contributed by atoms with Crippen LogP contribution in [-0.4, -0.2) is 19.5 Å². The standard InChI is InChI=1S/C55H36N4/c1-3-15-37(16-4-1)42-21-11-22-43(35-42)54-56-53(41-33-31-39(32-34-41)47-28-14-20-40-19-13-27-46(52(40)47)38-17-5-2-6-18-38)57-55(58-54)44-23-12-24-45(36-44)59-50-29-9-7-25-48(50)49-26-8-10-30-51(49)59/h1-36H. The number of rotatable bonds is 7. The average Bonchev–Trinajstić information content (AvgIpc) is 3.66. The van der Waals surface area contributed by atoms with Crippen molar-refractivity contribution in [2.75, 3.05) is 0 Å². The predicted octanol–water partition coefficient (Wildman–Crippen LogP) is 14.1. The molecular weight excluding hydrogens is 717 g/mol. The quantitative estimate of drug-likeness (QED) is 0.163. The fourth-order valence-corrected chi connectivity index (χ4v) is 8.46. The SMILES string of the molecule is c1ccc(-c2cccc(-c3nc(-c4ccc(-c5cccc6cccc(-c7ccccc7)c56)cc4)nc(-c4cccc(-n5c6ccccc6c6ccccc65)c4)n3)c2)cc1. The molecule has 0 saturated carbocycles. The Morgan fingerprint density at radius 3 is 1.36 bits per heavy atom. The van der Waals surface area contributed by atoms with Gasteiger partial charge in [-0.3, -0.25) is 0 Å². The second-order valence-electron chi connectivity index (χ2n) is 14.8. The molecule has 59 heavy (non-hydrogen) atoms. The Balaban J connectivity index is 1.05. The summed E-state index contributed by atoms with van der Waals surface area (Å²) in [6, 6.07) is 76.9. The van der Waals surface area contributed by atoms with Gasteiger partial charge in [0.05, 0.1) is 11.0 Å². The Kier molecular flexibility index (Phi) is 8.45. The summed E-state index contributed by atoms with van der Waals surface area (Å²) in [5.41, 5.74) is 13.1. The zero-order valence-corrected chi connectivity index (χ0v) is 32.1. The molecule has 0 atom stereocenters. The summed E-state index contributed by atoms with van der Waals surface area (Å²) < 4.78 is 2.33. The maximum atomic E-state index is 5.20. The minimum Gasteiger partial charge on any atom is -0.309 e. The Labute approximate surface area is 342 Å². The zero-order chi connectivity index (χ0) is 39.1. The fraction of sp³-hybridized carbons (Fsp3) is 0. The largest absolute Gasteiger partial charge is 0.309 e. The van der Waals surface area contributed by atoms with Crippen molar-refractivity contribution in [1.82, 2.24) is 19.5 Å². The van der Waals surface area contributed by atoms with Crippen LogP contribution in [0.25, 0.3) is 106 Å². The molecule has 2 heterocycles. The number of nitrogens with zero attached hydrogens (tertiary/aromatic N) is 4. The van der Waals surface area contributed by atoms with Crippen LogP contribution in [0.4, 0.5) is 0 Å². The maximum absolute atomic E-state index is 5.20. The summed E-state index contributed by atoms with van der Waals surface area (Å²) in [7, 11) is 0. The number of hydrogen-bond donors (Lipinski definition) is 0. The first kappa shape index (κ1) is 34.3. The highest BCUT2D eigenvalue weighted by molar-refractivity contribution is 6.09. The van der Waals surface area contributed by atoms with Crippen LogP contribution in [0, 0.1) is 0 Å².